The van der Waals surface area contributed by atoms with E-state index in [1.54, 1.807) is 0 Å². The zero-order valence-corrected chi connectivity index (χ0v) is 12.9. The van der Waals surface area contributed by atoms with Gasteiger partial charge in [0, 0.05) is 29.2 Å². The van der Waals surface area contributed by atoms with E-state index in [0.29, 0.717) is 6.04 Å². The van der Waals surface area contributed by atoms with Gasteiger partial charge >= 0.3 is 0 Å². The van der Waals surface area contributed by atoms with Crippen LogP contribution in [0.4, 0.5) is 0 Å². The molecule has 1 aliphatic rings. The first-order chi connectivity index (χ1) is 8.15. The maximum atomic E-state index is 2.60. The van der Waals surface area contributed by atoms with E-state index in [2.05, 4.69) is 70.6 Å². The number of benzene rings is 1. The second kappa shape index (κ2) is 6.16. The average Bonchev–Trinajstić information content (AvgIpc) is 2.44. The van der Waals surface area contributed by atoms with Gasteiger partial charge in [-0.25, -0.2) is 0 Å². The van der Waals surface area contributed by atoms with Crippen LogP contribution in [-0.2, 0) is 6.54 Å². The van der Waals surface area contributed by atoms with Gasteiger partial charge in [-0.3, -0.25) is 4.90 Å². The predicted molar refractivity (Wildman–Crippen MR) is 81.1 cm³/mol. The Kier molecular flexibility index (Phi) is 4.82. The topological polar surface area (TPSA) is 6.48 Å². The number of hydrogen-bond donors (Lipinski definition) is 0. The van der Waals surface area contributed by atoms with Gasteiger partial charge in [0.05, 0.1) is 0 Å². The summed E-state index contributed by atoms with van der Waals surface area (Å²) in [4.78, 5) is 5.05. The number of rotatable bonds is 2. The molecule has 1 aromatic carbocycles. The van der Waals surface area contributed by atoms with Gasteiger partial charge in [0.15, 0.2) is 0 Å². The molecule has 0 aliphatic carbocycles. The molecule has 2 rings (SSSR count). The molecule has 0 amide bonds. The van der Waals surface area contributed by atoms with Gasteiger partial charge in [0.1, 0.15) is 0 Å². The third kappa shape index (κ3) is 3.93. The van der Waals surface area contributed by atoms with Gasteiger partial charge in [-0.2, -0.15) is 0 Å². The lowest BCUT2D eigenvalue weighted by atomic mass is 10.2. The molecule has 0 radical (unpaired) electrons. The number of nitrogens with zero attached hydrogens (tertiary/aromatic N) is 2. The summed E-state index contributed by atoms with van der Waals surface area (Å²) in [6.07, 6.45) is 1.28. The molecule has 1 saturated heterocycles. The predicted octanol–water partition coefficient (Wildman–Crippen LogP) is 2.82. The molecule has 2 nitrogen and oxygen atoms in total. The monoisotopic (exact) mass is 344 g/mol. The molecule has 17 heavy (non-hydrogen) atoms. The maximum Gasteiger partial charge on any atom is 0.0237 e. The molecule has 1 fully saturated rings. The van der Waals surface area contributed by atoms with Crippen LogP contribution in [0.25, 0.3) is 0 Å². The summed E-state index contributed by atoms with van der Waals surface area (Å²) < 4.78 is 1.31. The van der Waals surface area contributed by atoms with E-state index in [9.17, 15) is 0 Å². The quantitative estimate of drug-likeness (QED) is 0.762. The van der Waals surface area contributed by atoms with Gasteiger partial charge in [0.2, 0.25) is 0 Å². The summed E-state index contributed by atoms with van der Waals surface area (Å²) in [6.45, 7) is 7.07. The van der Waals surface area contributed by atoms with Gasteiger partial charge in [0.25, 0.3) is 0 Å². The Hall–Kier alpha value is -0.130. The van der Waals surface area contributed by atoms with Crippen molar-refractivity contribution in [2.75, 3.05) is 26.7 Å². The van der Waals surface area contributed by atoms with Gasteiger partial charge < -0.3 is 4.90 Å². The molecule has 0 N–H and O–H groups in total. The summed E-state index contributed by atoms with van der Waals surface area (Å²) >= 11 is 2.36. The average molecular weight is 344 g/mol. The van der Waals surface area contributed by atoms with Crippen molar-refractivity contribution in [3.05, 3.63) is 33.4 Å². The summed E-state index contributed by atoms with van der Waals surface area (Å²) in [5.74, 6) is 0. The van der Waals surface area contributed by atoms with Crippen LogP contribution in [0.2, 0.25) is 0 Å². The highest BCUT2D eigenvalue weighted by atomic mass is 127. The van der Waals surface area contributed by atoms with E-state index in [1.807, 2.05) is 0 Å². The summed E-state index contributed by atoms with van der Waals surface area (Å²) in [5.41, 5.74) is 1.43. The second-order valence-corrected chi connectivity index (χ2v) is 6.31. The number of hydrogen-bond acceptors (Lipinski definition) is 2. The molecular weight excluding hydrogens is 323 g/mol. The minimum Gasteiger partial charge on any atom is -0.305 e. The maximum absolute atomic E-state index is 2.60. The molecule has 0 saturated carbocycles. The summed E-state index contributed by atoms with van der Waals surface area (Å²) in [5, 5.41) is 0. The van der Waals surface area contributed by atoms with E-state index >= 15 is 0 Å². The third-order valence-corrected chi connectivity index (χ3v) is 4.20. The number of halogens is 1. The molecule has 0 aromatic heterocycles. The van der Waals surface area contributed by atoms with Gasteiger partial charge in [-0.1, -0.05) is 12.1 Å². The van der Waals surface area contributed by atoms with Crippen LogP contribution in [0.1, 0.15) is 18.9 Å². The van der Waals surface area contributed by atoms with Crippen molar-refractivity contribution in [2.24, 2.45) is 0 Å². The largest absolute Gasteiger partial charge is 0.305 e. The van der Waals surface area contributed by atoms with Crippen molar-refractivity contribution in [1.82, 2.24) is 9.80 Å². The van der Waals surface area contributed by atoms with Crippen molar-refractivity contribution in [1.29, 1.82) is 0 Å². The second-order valence-electron chi connectivity index (χ2n) is 5.06. The fourth-order valence-corrected chi connectivity index (χ4v) is 2.84. The Morgan fingerprint density at radius 3 is 2.65 bits per heavy atom. The summed E-state index contributed by atoms with van der Waals surface area (Å²) in [7, 11) is 2.23. The molecule has 0 spiro atoms. The van der Waals surface area contributed by atoms with E-state index < -0.39 is 0 Å². The SMILES string of the molecule is CC1CN(C)CCCN1Cc1ccc(I)cc1. The zero-order chi connectivity index (χ0) is 12.3. The van der Waals surface area contributed by atoms with E-state index in [0.717, 1.165) is 6.54 Å². The van der Waals surface area contributed by atoms with Crippen LogP contribution in [0.5, 0.6) is 0 Å². The summed E-state index contributed by atoms with van der Waals surface area (Å²) in [6, 6.07) is 9.56. The molecule has 3 heteroatoms. The van der Waals surface area contributed by atoms with Crippen molar-refractivity contribution in [3.8, 4) is 0 Å². The van der Waals surface area contributed by atoms with E-state index in [-0.39, 0.29) is 0 Å². The lowest BCUT2D eigenvalue weighted by Gasteiger charge is -2.27. The van der Waals surface area contributed by atoms with Crippen molar-refractivity contribution >= 4 is 22.6 Å². The van der Waals surface area contributed by atoms with Crippen LogP contribution >= 0.6 is 22.6 Å². The van der Waals surface area contributed by atoms with Crippen molar-refractivity contribution in [3.63, 3.8) is 0 Å². The highest BCUT2D eigenvalue weighted by Crippen LogP contribution is 2.14. The standard InChI is InChI=1S/C14H21IN2/c1-12-10-16(2)8-3-9-17(12)11-13-4-6-14(15)7-5-13/h4-7,12H,3,8-11H2,1-2H3. The molecule has 1 unspecified atom stereocenters. The minimum absolute atomic E-state index is 0.654. The van der Waals surface area contributed by atoms with Crippen LogP contribution in [0.3, 0.4) is 0 Å². The molecular formula is C14H21IN2. The Labute approximate surface area is 118 Å². The Balaban J connectivity index is 1.99. The van der Waals surface area contributed by atoms with E-state index in [4.69, 9.17) is 0 Å². The molecule has 1 atom stereocenters. The highest BCUT2D eigenvalue weighted by Gasteiger charge is 2.19. The Bertz CT molecular complexity index is 350. The molecule has 1 heterocycles. The molecule has 0 bridgehead atoms. The fraction of sp³-hybridized carbons (Fsp3) is 0.571. The first-order valence-corrected chi connectivity index (χ1v) is 7.40. The van der Waals surface area contributed by atoms with Crippen LogP contribution in [-0.4, -0.2) is 42.5 Å². The fourth-order valence-electron chi connectivity index (χ4n) is 2.48. The third-order valence-electron chi connectivity index (χ3n) is 3.48. The highest BCUT2D eigenvalue weighted by molar-refractivity contribution is 14.1. The molecule has 94 valence electrons. The lowest BCUT2D eigenvalue weighted by Crippen LogP contribution is -2.37. The minimum atomic E-state index is 0.654. The van der Waals surface area contributed by atoms with Crippen molar-refractivity contribution < 1.29 is 0 Å². The lowest BCUT2D eigenvalue weighted by molar-refractivity contribution is 0.194. The zero-order valence-electron chi connectivity index (χ0n) is 10.7. The van der Waals surface area contributed by atoms with Gasteiger partial charge in [-0.15, -0.1) is 0 Å². The first-order valence-electron chi connectivity index (χ1n) is 6.32. The normalized spacial score (nSPS) is 23.6. The molecule has 1 aromatic rings. The first kappa shape index (κ1) is 13.3. The smallest absolute Gasteiger partial charge is 0.0237 e. The van der Waals surface area contributed by atoms with Gasteiger partial charge in [-0.05, 0) is 67.2 Å². The Morgan fingerprint density at radius 2 is 1.94 bits per heavy atom. The van der Waals surface area contributed by atoms with Crippen molar-refractivity contribution in [2.45, 2.75) is 25.9 Å². The molecule has 1 aliphatic heterocycles. The number of likely N-dealkylation sites (N-methyl/N-ethyl adjacent to an activating group) is 1. The van der Waals surface area contributed by atoms with E-state index in [1.165, 1.54) is 35.2 Å². The van der Waals surface area contributed by atoms with Crippen LogP contribution in [0.15, 0.2) is 24.3 Å². The van der Waals surface area contributed by atoms with Crippen LogP contribution in [0, 0.1) is 3.57 Å². The Morgan fingerprint density at radius 1 is 1.24 bits per heavy atom. The van der Waals surface area contributed by atoms with Crippen LogP contribution < -0.4 is 0 Å².